The summed E-state index contributed by atoms with van der Waals surface area (Å²) < 4.78 is 38.0. The van der Waals surface area contributed by atoms with Crippen molar-refractivity contribution in [2.45, 2.75) is 186 Å². The SMILES string of the molecule is CC[C@H]1CC[C@@H]2O[C@@H]([C@H](C=CI)O[Si](C)(C)C(C)(C)C)[C@@H](O[Si](C)(C)C(C)(C)C)[C@@H](O[Si](C)(C)C(C)(C)C)[C@H]2O1. The first-order valence-electron chi connectivity index (χ1n) is 15.5. The van der Waals surface area contributed by atoms with Crippen molar-refractivity contribution in [1.82, 2.24) is 0 Å². The van der Waals surface area contributed by atoms with Crippen LogP contribution >= 0.6 is 22.6 Å². The molecule has 0 N–H and O–H groups in total. The van der Waals surface area contributed by atoms with E-state index in [2.05, 4.69) is 141 Å². The molecule has 0 unspecified atom stereocenters. The highest BCUT2D eigenvalue weighted by Gasteiger charge is 2.57. The minimum absolute atomic E-state index is 0.0324. The van der Waals surface area contributed by atoms with Crippen molar-refractivity contribution in [3.05, 3.63) is 10.2 Å². The molecule has 5 nitrogen and oxygen atoms in total. The Morgan fingerprint density at radius 3 is 1.65 bits per heavy atom. The molecule has 0 aromatic heterocycles. The van der Waals surface area contributed by atoms with E-state index in [9.17, 15) is 0 Å². The summed E-state index contributed by atoms with van der Waals surface area (Å²) in [7, 11) is -6.50. The number of ether oxygens (including phenoxy) is 2. The molecule has 2 saturated heterocycles. The minimum Gasteiger partial charge on any atom is -0.408 e. The van der Waals surface area contributed by atoms with Gasteiger partial charge in [-0.1, -0.05) is 91.8 Å². The molecular formula is C31H63IO5Si3. The maximum absolute atomic E-state index is 7.40. The molecule has 0 aromatic rings. The first-order chi connectivity index (χ1) is 17.9. The number of rotatable bonds is 9. The molecule has 7 atom stereocenters. The van der Waals surface area contributed by atoms with Crippen LogP contribution in [0.4, 0.5) is 0 Å². The van der Waals surface area contributed by atoms with E-state index in [0.29, 0.717) is 0 Å². The smallest absolute Gasteiger partial charge is 0.193 e. The van der Waals surface area contributed by atoms with Crippen LogP contribution in [0, 0.1) is 0 Å². The fourth-order valence-corrected chi connectivity index (χ4v) is 8.91. The normalized spacial score (nSPS) is 30.4. The van der Waals surface area contributed by atoms with Crippen molar-refractivity contribution < 1.29 is 22.8 Å². The van der Waals surface area contributed by atoms with Crippen molar-refractivity contribution in [1.29, 1.82) is 0 Å². The predicted molar refractivity (Wildman–Crippen MR) is 186 cm³/mol. The van der Waals surface area contributed by atoms with Gasteiger partial charge in [-0.15, -0.1) is 0 Å². The third-order valence-corrected chi connectivity index (χ3v) is 24.4. The molecule has 0 radical (unpaired) electrons. The summed E-state index contributed by atoms with van der Waals surface area (Å²) in [6.07, 6.45) is 4.26. The molecule has 0 aromatic carbocycles. The van der Waals surface area contributed by atoms with Gasteiger partial charge >= 0.3 is 0 Å². The number of fused-ring (bicyclic) bond motifs is 1. The molecule has 0 amide bonds. The maximum atomic E-state index is 7.40. The zero-order valence-corrected chi connectivity index (χ0v) is 33.9. The summed E-state index contributed by atoms with van der Waals surface area (Å²) >= 11 is 2.32. The van der Waals surface area contributed by atoms with Gasteiger partial charge in [-0.2, -0.15) is 0 Å². The Balaban J connectivity index is 2.72. The Morgan fingerprint density at radius 2 is 1.23 bits per heavy atom. The molecule has 2 aliphatic rings. The molecule has 2 aliphatic heterocycles. The molecule has 40 heavy (non-hydrogen) atoms. The second-order valence-electron chi connectivity index (χ2n) is 16.7. The van der Waals surface area contributed by atoms with Gasteiger partial charge in [-0.25, -0.2) is 0 Å². The topological polar surface area (TPSA) is 46.2 Å². The quantitative estimate of drug-likeness (QED) is 0.175. The largest absolute Gasteiger partial charge is 0.408 e. The highest BCUT2D eigenvalue weighted by Crippen LogP contribution is 2.47. The number of hydrogen-bond acceptors (Lipinski definition) is 5. The lowest BCUT2D eigenvalue weighted by Gasteiger charge is -2.56. The van der Waals surface area contributed by atoms with Crippen LogP contribution in [0.2, 0.25) is 54.4 Å². The highest BCUT2D eigenvalue weighted by atomic mass is 127. The summed E-state index contributed by atoms with van der Waals surface area (Å²) in [6, 6.07) is 0. The van der Waals surface area contributed by atoms with Crippen molar-refractivity contribution in [2.24, 2.45) is 0 Å². The summed E-state index contributed by atoms with van der Waals surface area (Å²) in [5.74, 6) is 0. The molecule has 9 heteroatoms. The van der Waals surface area contributed by atoms with E-state index in [1.54, 1.807) is 0 Å². The Morgan fingerprint density at radius 1 is 0.750 bits per heavy atom. The average molecular weight is 727 g/mol. The molecule has 0 spiro atoms. The van der Waals surface area contributed by atoms with E-state index in [1.807, 2.05) is 0 Å². The second-order valence-corrected chi connectivity index (χ2v) is 31.7. The van der Waals surface area contributed by atoms with Crippen LogP contribution in [0.3, 0.4) is 0 Å². The van der Waals surface area contributed by atoms with Crippen LogP contribution in [-0.4, -0.2) is 67.7 Å². The Kier molecular flexibility index (Phi) is 12.2. The molecule has 0 saturated carbocycles. The molecule has 2 heterocycles. The van der Waals surface area contributed by atoms with Gasteiger partial charge in [0, 0.05) is 0 Å². The maximum Gasteiger partial charge on any atom is 0.193 e. The van der Waals surface area contributed by atoms with Crippen LogP contribution in [-0.2, 0) is 22.8 Å². The predicted octanol–water partition coefficient (Wildman–Crippen LogP) is 9.83. The van der Waals surface area contributed by atoms with E-state index < -0.39 is 25.0 Å². The lowest BCUT2D eigenvalue weighted by Crippen LogP contribution is -2.69. The van der Waals surface area contributed by atoms with Crippen LogP contribution in [0.25, 0.3) is 0 Å². The van der Waals surface area contributed by atoms with Gasteiger partial charge in [0.1, 0.15) is 24.4 Å². The third kappa shape index (κ3) is 8.55. The number of halogens is 1. The molecule has 0 bridgehead atoms. The lowest BCUT2D eigenvalue weighted by molar-refractivity contribution is -0.266. The van der Waals surface area contributed by atoms with Crippen molar-refractivity contribution in [3.8, 4) is 0 Å². The number of hydrogen-bond donors (Lipinski definition) is 0. The standard InChI is InChI=1S/C31H63IO5Si3/c1-17-22-18-19-23-25(33-22)27(36-39(13,14)30(5,6)7)28(37-40(15,16)31(8,9)10)26(34-23)24(20-21-32)35-38(11,12)29(2,3)4/h20-28H,17-19H2,1-16H3/t22-,23-,24-,25-,26-,27-,28+/m0/s1. The summed E-state index contributed by atoms with van der Waals surface area (Å²) in [4.78, 5) is 0. The zero-order valence-electron chi connectivity index (χ0n) is 28.7. The summed E-state index contributed by atoms with van der Waals surface area (Å²) in [5.41, 5.74) is 0. The molecule has 0 aliphatic carbocycles. The van der Waals surface area contributed by atoms with Crippen LogP contribution in [0.15, 0.2) is 10.2 Å². The van der Waals surface area contributed by atoms with E-state index in [4.69, 9.17) is 22.8 Å². The van der Waals surface area contributed by atoms with Gasteiger partial charge in [0.15, 0.2) is 25.0 Å². The Hall–Kier alpha value is 0.921. The third-order valence-electron chi connectivity index (χ3n) is 10.5. The fourth-order valence-electron chi connectivity index (χ4n) is 4.65. The molecule has 2 fully saturated rings. The summed E-state index contributed by atoms with van der Waals surface area (Å²) in [6.45, 7) is 37.0. The minimum atomic E-state index is -2.21. The van der Waals surface area contributed by atoms with Crippen molar-refractivity contribution in [2.75, 3.05) is 0 Å². The van der Waals surface area contributed by atoms with Gasteiger partial charge in [-0.3, -0.25) is 0 Å². The van der Waals surface area contributed by atoms with Gasteiger partial charge in [0.2, 0.25) is 0 Å². The lowest BCUT2D eigenvalue weighted by atomic mass is 9.87. The van der Waals surface area contributed by atoms with Gasteiger partial charge < -0.3 is 22.8 Å². The van der Waals surface area contributed by atoms with Gasteiger partial charge in [0.25, 0.3) is 0 Å². The van der Waals surface area contributed by atoms with Crippen LogP contribution < -0.4 is 0 Å². The zero-order chi connectivity index (χ0) is 31.1. The molecule has 236 valence electrons. The Labute approximate surface area is 264 Å². The van der Waals surface area contributed by atoms with E-state index in [1.165, 1.54) is 0 Å². The summed E-state index contributed by atoms with van der Waals surface area (Å²) in [5, 5.41) is 0.191. The van der Waals surface area contributed by atoms with E-state index in [0.717, 1.165) is 19.3 Å². The average Bonchev–Trinajstić information content (AvgIpc) is 2.77. The fraction of sp³-hybridized carbons (Fsp3) is 0.935. The monoisotopic (exact) mass is 726 g/mol. The Bertz CT molecular complexity index is 857. The van der Waals surface area contributed by atoms with Crippen molar-refractivity contribution in [3.63, 3.8) is 0 Å². The first kappa shape index (κ1) is 37.1. The second kappa shape index (κ2) is 13.1. The van der Waals surface area contributed by atoms with Gasteiger partial charge in [-0.05, 0) is 83.8 Å². The van der Waals surface area contributed by atoms with E-state index >= 15 is 0 Å². The first-order valence-corrected chi connectivity index (χ1v) is 25.5. The van der Waals surface area contributed by atoms with Crippen LogP contribution in [0.5, 0.6) is 0 Å². The molecule has 2 rings (SSSR count). The molecular weight excluding hydrogens is 663 g/mol. The highest BCUT2D eigenvalue weighted by molar-refractivity contribution is 14.1. The van der Waals surface area contributed by atoms with Crippen molar-refractivity contribution >= 4 is 47.5 Å². The van der Waals surface area contributed by atoms with Crippen LogP contribution in [0.1, 0.15) is 88.5 Å². The van der Waals surface area contributed by atoms with E-state index in [-0.39, 0.29) is 57.8 Å². The van der Waals surface area contributed by atoms with Gasteiger partial charge in [0.05, 0.1) is 18.3 Å².